The van der Waals surface area contributed by atoms with Gasteiger partial charge in [0.2, 0.25) is 0 Å². The SMILES string of the molecule is CCOC(=O)CCCCCOC(=O)c1ccncc1. The van der Waals surface area contributed by atoms with Crippen LogP contribution in [0.2, 0.25) is 0 Å². The second-order valence-corrected chi connectivity index (χ2v) is 3.99. The fourth-order valence-corrected chi connectivity index (χ4v) is 1.52. The lowest BCUT2D eigenvalue weighted by Crippen LogP contribution is -2.07. The lowest BCUT2D eigenvalue weighted by atomic mass is 10.2. The largest absolute Gasteiger partial charge is 0.466 e. The molecule has 0 bridgehead atoms. The summed E-state index contributed by atoms with van der Waals surface area (Å²) >= 11 is 0. The van der Waals surface area contributed by atoms with Crippen molar-refractivity contribution < 1.29 is 19.1 Å². The first-order valence-corrected chi connectivity index (χ1v) is 6.46. The monoisotopic (exact) mass is 265 g/mol. The molecule has 0 amide bonds. The zero-order valence-corrected chi connectivity index (χ0v) is 11.1. The molecular weight excluding hydrogens is 246 g/mol. The summed E-state index contributed by atoms with van der Waals surface area (Å²) in [6.45, 7) is 2.57. The van der Waals surface area contributed by atoms with Gasteiger partial charge in [-0.2, -0.15) is 0 Å². The highest BCUT2D eigenvalue weighted by Crippen LogP contribution is 2.04. The van der Waals surface area contributed by atoms with E-state index >= 15 is 0 Å². The van der Waals surface area contributed by atoms with Crippen molar-refractivity contribution >= 4 is 11.9 Å². The molecule has 1 rings (SSSR count). The van der Waals surface area contributed by atoms with Crippen LogP contribution in [0.15, 0.2) is 24.5 Å². The summed E-state index contributed by atoms with van der Waals surface area (Å²) in [6, 6.07) is 3.23. The fraction of sp³-hybridized carbons (Fsp3) is 0.500. The minimum atomic E-state index is -0.340. The summed E-state index contributed by atoms with van der Waals surface area (Å²) in [6.07, 6.45) is 5.86. The van der Waals surface area contributed by atoms with Crippen molar-refractivity contribution in [2.24, 2.45) is 0 Å². The Balaban J connectivity index is 2.05. The molecule has 5 nitrogen and oxygen atoms in total. The number of unbranched alkanes of at least 4 members (excludes halogenated alkanes) is 2. The number of ether oxygens (including phenoxy) is 2. The second kappa shape index (κ2) is 9.08. The predicted molar refractivity (Wildman–Crippen MR) is 69.6 cm³/mol. The molecule has 0 saturated carbocycles. The second-order valence-electron chi connectivity index (χ2n) is 3.99. The number of carbonyl (C=O) groups excluding carboxylic acids is 2. The maximum atomic E-state index is 11.5. The van der Waals surface area contributed by atoms with Gasteiger partial charge in [-0.05, 0) is 38.3 Å². The molecule has 0 aliphatic rings. The molecule has 0 atom stereocenters. The minimum absolute atomic E-state index is 0.170. The summed E-state index contributed by atoms with van der Waals surface area (Å²) in [7, 11) is 0. The van der Waals surface area contributed by atoms with Crippen LogP contribution in [0, 0.1) is 0 Å². The molecule has 5 heteroatoms. The van der Waals surface area contributed by atoms with Crippen LogP contribution >= 0.6 is 0 Å². The van der Waals surface area contributed by atoms with E-state index in [4.69, 9.17) is 9.47 Å². The molecule has 0 spiro atoms. The smallest absolute Gasteiger partial charge is 0.338 e. The first-order chi connectivity index (χ1) is 9.24. The third-order valence-electron chi connectivity index (χ3n) is 2.48. The third-order valence-corrected chi connectivity index (χ3v) is 2.48. The van der Waals surface area contributed by atoms with E-state index in [-0.39, 0.29) is 11.9 Å². The molecule has 1 aromatic rings. The van der Waals surface area contributed by atoms with Crippen LogP contribution in [0.3, 0.4) is 0 Å². The Bertz CT molecular complexity index is 392. The van der Waals surface area contributed by atoms with Crippen molar-refractivity contribution in [3.8, 4) is 0 Å². The Kier molecular flexibility index (Phi) is 7.24. The maximum Gasteiger partial charge on any atom is 0.338 e. The van der Waals surface area contributed by atoms with Gasteiger partial charge in [-0.15, -0.1) is 0 Å². The molecule has 0 aliphatic heterocycles. The first-order valence-electron chi connectivity index (χ1n) is 6.46. The van der Waals surface area contributed by atoms with Gasteiger partial charge in [0.15, 0.2) is 0 Å². The van der Waals surface area contributed by atoms with E-state index in [0.29, 0.717) is 25.2 Å². The highest BCUT2D eigenvalue weighted by Gasteiger charge is 2.06. The Morgan fingerprint density at radius 3 is 2.53 bits per heavy atom. The van der Waals surface area contributed by atoms with Crippen LogP contribution in [0.1, 0.15) is 43.0 Å². The summed E-state index contributed by atoms with van der Waals surface area (Å²) in [5.74, 6) is -0.510. The number of rotatable bonds is 8. The van der Waals surface area contributed by atoms with E-state index in [1.54, 1.807) is 31.5 Å². The summed E-state index contributed by atoms with van der Waals surface area (Å²) in [4.78, 5) is 26.4. The standard InChI is InChI=1S/C14H19NO4/c1-2-18-13(16)6-4-3-5-11-19-14(17)12-7-9-15-10-8-12/h7-10H,2-6,11H2,1H3. The van der Waals surface area contributed by atoms with Crippen molar-refractivity contribution in [2.45, 2.75) is 32.6 Å². The van der Waals surface area contributed by atoms with Crippen molar-refractivity contribution in [2.75, 3.05) is 13.2 Å². The van der Waals surface area contributed by atoms with Gasteiger partial charge in [0.1, 0.15) is 0 Å². The number of esters is 2. The van der Waals surface area contributed by atoms with Gasteiger partial charge in [0.05, 0.1) is 18.8 Å². The van der Waals surface area contributed by atoms with E-state index < -0.39 is 0 Å². The fourth-order valence-electron chi connectivity index (χ4n) is 1.52. The predicted octanol–water partition coefficient (Wildman–Crippen LogP) is 2.36. The average molecular weight is 265 g/mol. The number of aromatic nitrogens is 1. The van der Waals surface area contributed by atoms with Crippen LogP contribution < -0.4 is 0 Å². The van der Waals surface area contributed by atoms with Gasteiger partial charge in [0.25, 0.3) is 0 Å². The zero-order valence-electron chi connectivity index (χ0n) is 11.1. The molecule has 0 saturated heterocycles. The van der Waals surface area contributed by atoms with Crippen molar-refractivity contribution in [3.63, 3.8) is 0 Å². The molecule has 0 aliphatic carbocycles. The van der Waals surface area contributed by atoms with Crippen LogP contribution in [0.25, 0.3) is 0 Å². The van der Waals surface area contributed by atoms with E-state index in [0.717, 1.165) is 19.3 Å². The minimum Gasteiger partial charge on any atom is -0.466 e. The van der Waals surface area contributed by atoms with Crippen molar-refractivity contribution in [1.82, 2.24) is 4.98 Å². The Hall–Kier alpha value is -1.91. The van der Waals surface area contributed by atoms with Crippen molar-refractivity contribution in [3.05, 3.63) is 30.1 Å². The molecule has 104 valence electrons. The van der Waals surface area contributed by atoms with Gasteiger partial charge in [-0.25, -0.2) is 4.79 Å². The molecule has 1 heterocycles. The lowest BCUT2D eigenvalue weighted by Gasteiger charge is -2.04. The topological polar surface area (TPSA) is 65.5 Å². The van der Waals surface area contributed by atoms with Gasteiger partial charge < -0.3 is 9.47 Å². The van der Waals surface area contributed by atoms with E-state index in [2.05, 4.69) is 4.98 Å². The number of pyridine rings is 1. The van der Waals surface area contributed by atoms with Crippen LogP contribution in [0.5, 0.6) is 0 Å². The summed E-state index contributed by atoms with van der Waals surface area (Å²) < 4.78 is 9.91. The lowest BCUT2D eigenvalue weighted by molar-refractivity contribution is -0.143. The van der Waals surface area contributed by atoms with E-state index in [1.807, 2.05) is 0 Å². The van der Waals surface area contributed by atoms with Gasteiger partial charge in [-0.3, -0.25) is 9.78 Å². The average Bonchev–Trinajstić information content (AvgIpc) is 2.43. The molecule has 19 heavy (non-hydrogen) atoms. The van der Waals surface area contributed by atoms with E-state index in [9.17, 15) is 9.59 Å². The number of hydrogen-bond acceptors (Lipinski definition) is 5. The van der Waals surface area contributed by atoms with Crippen molar-refractivity contribution in [1.29, 1.82) is 0 Å². The zero-order chi connectivity index (χ0) is 13.9. The number of carbonyl (C=O) groups is 2. The molecular formula is C14H19NO4. The Morgan fingerprint density at radius 1 is 1.11 bits per heavy atom. The van der Waals surface area contributed by atoms with E-state index in [1.165, 1.54) is 0 Å². The third kappa shape index (κ3) is 6.55. The summed E-state index contributed by atoms with van der Waals surface area (Å²) in [5.41, 5.74) is 0.501. The Labute approximate surface area is 112 Å². The van der Waals surface area contributed by atoms with Crippen LogP contribution in [0.4, 0.5) is 0 Å². The molecule has 0 aromatic carbocycles. The highest BCUT2D eigenvalue weighted by molar-refractivity contribution is 5.89. The van der Waals surface area contributed by atoms with Gasteiger partial charge in [0, 0.05) is 18.8 Å². The van der Waals surface area contributed by atoms with Gasteiger partial charge in [-0.1, -0.05) is 0 Å². The molecule has 0 N–H and O–H groups in total. The van der Waals surface area contributed by atoms with Crippen LogP contribution in [-0.2, 0) is 14.3 Å². The number of hydrogen-bond donors (Lipinski definition) is 0. The number of nitrogens with zero attached hydrogens (tertiary/aromatic N) is 1. The normalized spacial score (nSPS) is 9.95. The van der Waals surface area contributed by atoms with Crippen LogP contribution in [-0.4, -0.2) is 30.1 Å². The van der Waals surface area contributed by atoms with Gasteiger partial charge >= 0.3 is 11.9 Å². The summed E-state index contributed by atoms with van der Waals surface area (Å²) in [5, 5.41) is 0. The molecule has 0 fully saturated rings. The molecule has 1 aromatic heterocycles. The Morgan fingerprint density at radius 2 is 1.84 bits per heavy atom. The molecule has 0 radical (unpaired) electrons. The molecule has 0 unspecified atom stereocenters. The first kappa shape index (κ1) is 15.1. The maximum absolute atomic E-state index is 11.5. The highest BCUT2D eigenvalue weighted by atomic mass is 16.5. The quantitative estimate of drug-likeness (QED) is 0.533.